The normalized spacial score (nSPS) is 26.1. The van der Waals surface area contributed by atoms with Crippen molar-refractivity contribution in [2.75, 3.05) is 33.4 Å². The Balaban J connectivity index is 1.68. The van der Waals surface area contributed by atoms with Crippen molar-refractivity contribution in [3.63, 3.8) is 0 Å². The highest BCUT2D eigenvalue weighted by molar-refractivity contribution is 5.81. The first-order valence-corrected chi connectivity index (χ1v) is 9.17. The van der Waals surface area contributed by atoms with Gasteiger partial charge in [0.25, 0.3) is 0 Å². The first-order valence-electron chi connectivity index (χ1n) is 9.17. The molecule has 0 aromatic carbocycles. The van der Waals surface area contributed by atoms with Crippen LogP contribution in [0.3, 0.4) is 0 Å². The molecule has 0 bridgehead atoms. The quantitative estimate of drug-likeness (QED) is 0.762. The zero-order valence-electron chi connectivity index (χ0n) is 14.7. The molecule has 0 aromatic heterocycles. The van der Waals surface area contributed by atoms with Gasteiger partial charge < -0.3 is 15.0 Å². The molecule has 1 heterocycles. The summed E-state index contributed by atoms with van der Waals surface area (Å²) in [5.74, 6) is 1.45. The van der Waals surface area contributed by atoms with Gasteiger partial charge in [-0.1, -0.05) is 6.92 Å². The van der Waals surface area contributed by atoms with Crippen LogP contribution in [0.2, 0.25) is 0 Å². The van der Waals surface area contributed by atoms with E-state index in [1.165, 1.54) is 0 Å². The molecule has 2 amide bonds. The second-order valence-electron chi connectivity index (χ2n) is 7.19. The van der Waals surface area contributed by atoms with E-state index in [-0.39, 0.29) is 17.7 Å². The van der Waals surface area contributed by atoms with E-state index in [0.29, 0.717) is 19.1 Å². The lowest BCUT2D eigenvalue weighted by molar-refractivity contribution is -0.139. The van der Waals surface area contributed by atoms with Gasteiger partial charge >= 0.3 is 0 Å². The number of ether oxygens (including phenoxy) is 1. The van der Waals surface area contributed by atoms with Gasteiger partial charge in [-0.05, 0) is 50.9 Å². The molecule has 1 saturated carbocycles. The van der Waals surface area contributed by atoms with Crippen molar-refractivity contribution in [2.24, 2.45) is 17.8 Å². The van der Waals surface area contributed by atoms with Gasteiger partial charge in [0.2, 0.25) is 11.8 Å². The lowest BCUT2D eigenvalue weighted by atomic mass is 9.80. The molecular formula is C18H32N2O3. The highest BCUT2D eigenvalue weighted by atomic mass is 16.5. The molecule has 132 valence electrons. The summed E-state index contributed by atoms with van der Waals surface area (Å²) in [6, 6.07) is 0. The maximum atomic E-state index is 12.6. The summed E-state index contributed by atoms with van der Waals surface area (Å²) in [6.45, 7) is 5.45. The Labute approximate surface area is 140 Å². The molecule has 1 aliphatic heterocycles. The fourth-order valence-electron chi connectivity index (χ4n) is 3.66. The predicted molar refractivity (Wildman–Crippen MR) is 89.9 cm³/mol. The SMILES string of the molecule is COCCCNC(=O)C1CCC(C(=O)N2CCC(C)CC2)CC1. The third-order valence-corrected chi connectivity index (χ3v) is 5.37. The van der Waals surface area contributed by atoms with Gasteiger partial charge in [-0.2, -0.15) is 0 Å². The third kappa shape index (κ3) is 5.48. The minimum absolute atomic E-state index is 0.0861. The predicted octanol–water partition coefficient (Wildman–Crippen LogP) is 2.20. The second-order valence-corrected chi connectivity index (χ2v) is 7.19. The Kier molecular flexibility index (Phi) is 7.34. The van der Waals surface area contributed by atoms with Crippen LogP contribution < -0.4 is 5.32 Å². The molecule has 5 heteroatoms. The van der Waals surface area contributed by atoms with E-state index < -0.39 is 0 Å². The molecule has 0 atom stereocenters. The Morgan fingerprint density at radius 2 is 1.65 bits per heavy atom. The van der Waals surface area contributed by atoms with Crippen LogP contribution in [0, 0.1) is 17.8 Å². The maximum absolute atomic E-state index is 12.6. The summed E-state index contributed by atoms with van der Waals surface area (Å²) in [5, 5.41) is 2.99. The number of nitrogens with zero attached hydrogens (tertiary/aromatic N) is 1. The molecule has 2 rings (SSSR count). The van der Waals surface area contributed by atoms with E-state index in [1.807, 2.05) is 0 Å². The number of likely N-dealkylation sites (tertiary alicyclic amines) is 1. The molecule has 23 heavy (non-hydrogen) atoms. The van der Waals surface area contributed by atoms with Crippen molar-refractivity contribution in [2.45, 2.75) is 51.9 Å². The number of carbonyl (C=O) groups excluding carboxylic acids is 2. The van der Waals surface area contributed by atoms with E-state index in [2.05, 4.69) is 17.1 Å². The maximum Gasteiger partial charge on any atom is 0.225 e. The zero-order valence-corrected chi connectivity index (χ0v) is 14.7. The van der Waals surface area contributed by atoms with Crippen molar-refractivity contribution in [3.05, 3.63) is 0 Å². The molecule has 2 fully saturated rings. The van der Waals surface area contributed by atoms with Gasteiger partial charge in [0.1, 0.15) is 0 Å². The van der Waals surface area contributed by atoms with Crippen LogP contribution in [0.5, 0.6) is 0 Å². The molecule has 5 nitrogen and oxygen atoms in total. The van der Waals surface area contributed by atoms with Gasteiger partial charge in [0, 0.05) is 45.2 Å². The topological polar surface area (TPSA) is 58.6 Å². The number of hydrogen-bond acceptors (Lipinski definition) is 3. The fourth-order valence-corrected chi connectivity index (χ4v) is 3.66. The van der Waals surface area contributed by atoms with E-state index in [4.69, 9.17) is 4.74 Å². The van der Waals surface area contributed by atoms with Crippen LogP contribution in [0.25, 0.3) is 0 Å². The largest absolute Gasteiger partial charge is 0.385 e. The van der Waals surface area contributed by atoms with Crippen LogP contribution >= 0.6 is 0 Å². The highest BCUT2D eigenvalue weighted by Crippen LogP contribution is 2.31. The van der Waals surface area contributed by atoms with Crippen molar-refractivity contribution in [1.29, 1.82) is 0 Å². The summed E-state index contributed by atoms with van der Waals surface area (Å²) in [4.78, 5) is 26.8. The summed E-state index contributed by atoms with van der Waals surface area (Å²) in [7, 11) is 1.67. The van der Waals surface area contributed by atoms with E-state index in [1.54, 1.807) is 7.11 Å². The molecule has 1 N–H and O–H groups in total. The average Bonchev–Trinajstić information content (AvgIpc) is 2.59. The molecule has 1 saturated heterocycles. The molecule has 0 radical (unpaired) electrons. The number of methoxy groups -OCH3 is 1. The van der Waals surface area contributed by atoms with Crippen LogP contribution in [0.4, 0.5) is 0 Å². The fraction of sp³-hybridized carbons (Fsp3) is 0.889. The molecule has 0 unspecified atom stereocenters. The summed E-state index contributed by atoms with van der Waals surface area (Å²) < 4.78 is 4.98. The van der Waals surface area contributed by atoms with Gasteiger partial charge in [-0.25, -0.2) is 0 Å². The first-order chi connectivity index (χ1) is 11.1. The molecule has 1 aliphatic carbocycles. The van der Waals surface area contributed by atoms with Crippen molar-refractivity contribution in [1.82, 2.24) is 10.2 Å². The number of nitrogens with one attached hydrogen (secondary N) is 1. The number of carbonyl (C=O) groups is 2. The van der Waals surface area contributed by atoms with Gasteiger partial charge in [-0.3, -0.25) is 9.59 Å². The van der Waals surface area contributed by atoms with Crippen molar-refractivity contribution in [3.8, 4) is 0 Å². The van der Waals surface area contributed by atoms with Crippen LogP contribution in [0.1, 0.15) is 51.9 Å². The van der Waals surface area contributed by atoms with E-state index in [9.17, 15) is 9.59 Å². The molecular weight excluding hydrogens is 292 g/mol. The average molecular weight is 324 g/mol. The van der Waals surface area contributed by atoms with E-state index >= 15 is 0 Å². The van der Waals surface area contributed by atoms with Crippen molar-refractivity contribution < 1.29 is 14.3 Å². The smallest absolute Gasteiger partial charge is 0.225 e. The van der Waals surface area contributed by atoms with E-state index in [0.717, 1.165) is 64.0 Å². The first kappa shape index (κ1) is 18.2. The number of hydrogen-bond donors (Lipinski definition) is 1. The monoisotopic (exact) mass is 324 g/mol. The van der Waals surface area contributed by atoms with Crippen LogP contribution in [-0.4, -0.2) is 50.1 Å². The minimum Gasteiger partial charge on any atom is -0.385 e. The summed E-state index contributed by atoms with van der Waals surface area (Å²) in [5.41, 5.74) is 0. The Morgan fingerprint density at radius 1 is 1.04 bits per heavy atom. The van der Waals surface area contributed by atoms with Crippen LogP contribution in [0.15, 0.2) is 0 Å². The standard InChI is InChI=1S/C18H32N2O3/c1-14-8-11-20(12-9-14)18(22)16-6-4-15(5-7-16)17(21)19-10-3-13-23-2/h14-16H,3-13H2,1-2H3,(H,19,21). The summed E-state index contributed by atoms with van der Waals surface area (Å²) >= 11 is 0. The minimum atomic E-state index is 0.0861. The zero-order chi connectivity index (χ0) is 16.7. The van der Waals surface area contributed by atoms with Gasteiger partial charge in [-0.15, -0.1) is 0 Å². The lowest BCUT2D eigenvalue weighted by Gasteiger charge is -2.35. The Bertz CT molecular complexity index is 384. The second kappa shape index (κ2) is 9.26. The molecule has 2 aliphatic rings. The summed E-state index contributed by atoms with van der Waals surface area (Å²) in [6.07, 6.45) is 6.52. The molecule has 0 aromatic rings. The van der Waals surface area contributed by atoms with Gasteiger partial charge in [0.15, 0.2) is 0 Å². The third-order valence-electron chi connectivity index (χ3n) is 5.37. The van der Waals surface area contributed by atoms with Crippen molar-refractivity contribution >= 4 is 11.8 Å². The number of amides is 2. The molecule has 0 spiro atoms. The number of piperidine rings is 1. The van der Waals surface area contributed by atoms with Crippen LogP contribution in [-0.2, 0) is 14.3 Å². The lowest BCUT2D eigenvalue weighted by Crippen LogP contribution is -2.43. The number of rotatable bonds is 6. The van der Waals surface area contributed by atoms with Gasteiger partial charge in [0.05, 0.1) is 0 Å². The highest BCUT2D eigenvalue weighted by Gasteiger charge is 2.32. The Morgan fingerprint density at radius 3 is 2.26 bits per heavy atom. The Hall–Kier alpha value is -1.10.